The molecular formula is C22H20FN7S. The minimum absolute atomic E-state index is 0.257. The van der Waals surface area contributed by atoms with E-state index in [1.54, 1.807) is 16.8 Å². The Morgan fingerprint density at radius 2 is 2.23 bits per heavy atom. The molecule has 1 unspecified atom stereocenters. The van der Waals surface area contributed by atoms with Gasteiger partial charge in [0.05, 0.1) is 29.5 Å². The number of halogens is 1. The van der Waals surface area contributed by atoms with Gasteiger partial charge in [-0.15, -0.1) is 0 Å². The number of hydrogen-bond donors (Lipinski definition) is 1. The van der Waals surface area contributed by atoms with E-state index in [4.69, 9.17) is 0 Å². The Hall–Kier alpha value is -3.22. The van der Waals surface area contributed by atoms with E-state index in [0.29, 0.717) is 17.1 Å². The lowest BCUT2D eigenvalue weighted by atomic mass is 10.1. The highest BCUT2D eigenvalue weighted by Crippen LogP contribution is 2.37. The second-order valence-corrected chi connectivity index (χ2v) is 8.57. The van der Waals surface area contributed by atoms with Gasteiger partial charge in [-0.1, -0.05) is 11.8 Å². The van der Waals surface area contributed by atoms with Crippen LogP contribution in [0.4, 0.5) is 4.39 Å². The number of hydrogen-bond acceptors (Lipinski definition) is 6. The molecule has 9 heteroatoms. The minimum atomic E-state index is -0.400. The van der Waals surface area contributed by atoms with E-state index < -0.39 is 5.82 Å². The first kappa shape index (κ1) is 19.7. The van der Waals surface area contributed by atoms with Crippen molar-refractivity contribution in [1.82, 2.24) is 29.7 Å². The molecule has 156 valence electrons. The maximum Gasteiger partial charge on any atom is 0.155 e. The van der Waals surface area contributed by atoms with Crippen molar-refractivity contribution in [3.8, 4) is 17.2 Å². The molecule has 5 rings (SSSR count). The second-order valence-electron chi connectivity index (χ2n) is 7.54. The average molecular weight is 434 g/mol. The van der Waals surface area contributed by atoms with Crippen LogP contribution in [0.25, 0.3) is 16.6 Å². The number of nitrogens with one attached hydrogen (secondary N) is 1. The van der Waals surface area contributed by atoms with Crippen LogP contribution in [0.5, 0.6) is 0 Å². The van der Waals surface area contributed by atoms with Gasteiger partial charge in [-0.3, -0.25) is 4.68 Å². The monoisotopic (exact) mass is 433 g/mol. The molecule has 0 spiro atoms. The largest absolute Gasteiger partial charge is 0.315 e. The Kier molecular flexibility index (Phi) is 5.18. The lowest BCUT2D eigenvalue weighted by Gasteiger charge is -2.24. The molecule has 0 aromatic carbocycles. The number of nitrogens with zero attached hydrogens (tertiary/aromatic N) is 6. The maximum absolute atomic E-state index is 14.3. The fourth-order valence-electron chi connectivity index (χ4n) is 4.06. The van der Waals surface area contributed by atoms with Gasteiger partial charge in [-0.2, -0.15) is 15.5 Å². The predicted octanol–water partition coefficient (Wildman–Crippen LogP) is 3.99. The number of nitriles is 1. The summed E-state index contributed by atoms with van der Waals surface area (Å²) in [4.78, 5) is 4.88. The van der Waals surface area contributed by atoms with E-state index in [9.17, 15) is 9.65 Å². The van der Waals surface area contributed by atoms with Crippen molar-refractivity contribution in [1.29, 1.82) is 5.26 Å². The third kappa shape index (κ3) is 3.58. The zero-order chi connectivity index (χ0) is 21.4. The van der Waals surface area contributed by atoms with Crippen LogP contribution >= 0.6 is 11.8 Å². The van der Waals surface area contributed by atoms with E-state index in [1.807, 2.05) is 18.5 Å². The van der Waals surface area contributed by atoms with E-state index >= 15 is 0 Å². The Labute approximate surface area is 182 Å². The van der Waals surface area contributed by atoms with Gasteiger partial charge in [0.25, 0.3) is 0 Å². The molecule has 1 aliphatic heterocycles. The van der Waals surface area contributed by atoms with Crippen molar-refractivity contribution in [2.75, 3.05) is 13.1 Å². The zero-order valence-corrected chi connectivity index (χ0v) is 17.7. The summed E-state index contributed by atoms with van der Waals surface area (Å²) in [7, 11) is 0. The maximum atomic E-state index is 14.3. The first-order valence-corrected chi connectivity index (χ1v) is 10.9. The molecule has 1 atom stereocenters. The number of fused-ring (bicyclic) bond motifs is 1. The van der Waals surface area contributed by atoms with Crippen molar-refractivity contribution in [3.63, 3.8) is 0 Å². The molecule has 0 radical (unpaired) electrons. The van der Waals surface area contributed by atoms with Crippen LogP contribution in [0.15, 0.2) is 52.9 Å². The topological polar surface area (TPSA) is 83.8 Å². The Balaban J connectivity index is 1.62. The molecule has 1 N–H and O–H groups in total. The smallest absolute Gasteiger partial charge is 0.155 e. The molecular weight excluding hydrogens is 413 g/mol. The van der Waals surface area contributed by atoms with Crippen molar-refractivity contribution in [2.45, 2.75) is 35.7 Å². The number of pyridine rings is 2. The minimum Gasteiger partial charge on any atom is -0.315 e. The first-order valence-electron chi connectivity index (χ1n) is 10.1. The predicted molar refractivity (Wildman–Crippen MR) is 115 cm³/mol. The molecule has 4 aromatic rings. The Morgan fingerprint density at radius 3 is 3.00 bits per heavy atom. The molecule has 1 fully saturated rings. The van der Waals surface area contributed by atoms with Gasteiger partial charge in [-0.25, -0.2) is 13.9 Å². The summed E-state index contributed by atoms with van der Waals surface area (Å²) in [5, 5.41) is 22.2. The van der Waals surface area contributed by atoms with Crippen LogP contribution in [0.1, 0.15) is 30.1 Å². The molecule has 1 aliphatic rings. The van der Waals surface area contributed by atoms with Crippen LogP contribution in [0.2, 0.25) is 0 Å². The first-order chi connectivity index (χ1) is 15.2. The van der Waals surface area contributed by atoms with Crippen LogP contribution in [-0.4, -0.2) is 37.5 Å². The zero-order valence-electron chi connectivity index (χ0n) is 16.9. The van der Waals surface area contributed by atoms with Gasteiger partial charge >= 0.3 is 0 Å². The molecule has 0 amide bonds. The van der Waals surface area contributed by atoms with Crippen molar-refractivity contribution < 1.29 is 4.39 Å². The molecule has 4 aromatic heterocycles. The van der Waals surface area contributed by atoms with Gasteiger partial charge in [0.1, 0.15) is 11.1 Å². The number of rotatable bonds is 4. The van der Waals surface area contributed by atoms with Crippen LogP contribution in [-0.2, 0) is 0 Å². The van der Waals surface area contributed by atoms with Crippen molar-refractivity contribution in [2.24, 2.45) is 0 Å². The second kappa shape index (κ2) is 8.13. The van der Waals surface area contributed by atoms with Crippen LogP contribution in [0.3, 0.4) is 0 Å². The number of aromatic nitrogens is 5. The van der Waals surface area contributed by atoms with E-state index in [2.05, 4.69) is 38.2 Å². The SMILES string of the molecule is Cc1c(-c2cc(Sc3ncccc3F)c3c(C#N)cnn3c2)cnn1C1CCCNC1. The van der Waals surface area contributed by atoms with Crippen LogP contribution in [0, 0.1) is 24.1 Å². The highest BCUT2D eigenvalue weighted by molar-refractivity contribution is 7.99. The normalized spacial score (nSPS) is 16.5. The van der Waals surface area contributed by atoms with E-state index in [1.165, 1.54) is 24.0 Å². The summed E-state index contributed by atoms with van der Waals surface area (Å²) in [6.07, 6.45) is 9.07. The van der Waals surface area contributed by atoms with Gasteiger partial charge in [0.15, 0.2) is 5.82 Å². The quantitative estimate of drug-likeness (QED) is 0.524. The van der Waals surface area contributed by atoms with Crippen molar-refractivity contribution in [3.05, 3.63) is 60.1 Å². The Morgan fingerprint density at radius 1 is 1.32 bits per heavy atom. The molecule has 0 aliphatic carbocycles. The van der Waals surface area contributed by atoms with Gasteiger partial charge < -0.3 is 5.32 Å². The molecule has 0 bridgehead atoms. The fourth-order valence-corrected chi connectivity index (χ4v) is 5.03. The highest BCUT2D eigenvalue weighted by atomic mass is 32.2. The van der Waals surface area contributed by atoms with E-state index in [0.717, 1.165) is 47.6 Å². The molecule has 5 heterocycles. The summed E-state index contributed by atoms with van der Waals surface area (Å²) in [6.45, 7) is 4.02. The van der Waals surface area contributed by atoms with Crippen LogP contribution < -0.4 is 5.32 Å². The summed E-state index contributed by atoms with van der Waals surface area (Å²) in [5.74, 6) is -0.400. The molecule has 31 heavy (non-hydrogen) atoms. The lowest BCUT2D eigenvalue weighted by Crippen LogP contribution is -2.32. The lowest BCUT2D eigenvalue weighted by molar-refractivity contribution is 0.342. The molecule has 0 saturated carbocycles. The van der Waals surface area contributed by atoms with Crippen molar-refractivity contribution >= 4 is 17.3 Å². The van der Waals surface area contributed by atoms with Gasteiger partial charge in [-0.05, 0) is 44.5 Å². The van der Waals surface area contributed by atoms with Gasteiger partial charge in [0.2, 0.25) is 0 Å². The molecule has 7 nitrogen and oxygen atoms in total. The fraction of sp³-hybridized carbons (Fsp3) is 0.273. The third-order valence-corrected chi connectivity index (χ3v) is 6.63. The third-order valence-electron chi connectivity index (χ3n) is 5.60. The summed E-state index contributed by atoms with van der Waals surface area (Å²) >= 11 is 1.19. The standard InChI is InChI=1S/C22H20FN7S/c1-14-18(12-28-30(14)17-4-2-6-25-11-17)15-8-20(31-22-19(23)5-3-7-26-22)21-16(9-24)10-27-29(21)13-15/h3,5,7-8,10,12-13,17,25H,2,4,6,11H2,1H3. The number of piperidine rings is 1. The van der Waals surface area contributed by atoms with E-state index in [-0.39, 0.29) is 5.03 Å². The summed E-state index contributed by atoms with van der Waals surface area (Å²) < 4.78 is 18.1. The summed E-state index contributed by atoms with van der Waals surface area (Å²) in [6, 6.07) is 7.41. The summed E-state index contributed by atoms with van der Waals surface area (Å²) in [5.41, 5.74) is 4.05. The molecule has 1 saturated heterocycles. The Bertz CT molecular complexity index is 1300. The average Bonchev–Trinajstić information content (AvgIpc) is 3.39. The highest BCUT2D eigenvalue weighted by Gasteiger charge is 2.21. The van der Waals surface area contributed by atoms with Gasteiger partial charge in [0, 0.05) is 40.7 Å².